The van der Waals surface area contributed by atoms with Crippen LogP contribution in [0.5, 0.6) is 0 Å². The van der Waals surface area contributed by atoms with Crippen molar-refractivity contribution in [2.45, 2.75) is 39.7 Å². The normalized spacial score (nSPS) is 12.8. The molecule has 9 nitrogen and oxygen atoms in total. The molecule has 0 unspecified atom stereocenters. The number of benzene rings is 2. The van der Waals surface area contributed by atoms with Gasteiger partial charge in [0, 0.05) is 22.4 Å². The molecule has 0 saturated heterocycles. The van der Waals surface area contributed by atoms with Gasteiger partial charge in [0.25, 0.3) is 0 Å². The molecule has 0 bridgehead atoms. The van der Waals surface area contributed by atoms with Crippen molar-refractivity contribution in [3.63, 3.8) is 0 Å². The average molecular weight is 522 g/mol. The van der Waals surface area contributed by atoms with E-state index in [2.05, 4.69) is 10.6 Å². The Kier molecular flexibility index (Phi) is 7.61. The zero-order chi connectivity index (χ0) is 27.6. The smallest absolute Gasteiger partial charge is 0.340 e. The average Bonchev–Trinajstić information content (AvgIpc) is 3.30. The van der Waals surface area contributed by atoms with Crippen molar-refractivity contribution in [2.24, 2.45) is 5.92 Å². The highest BCUT2D eigenvalue weighted by Crippen LogP contribution is 2.34. The maximum absolute atomic E-state index is 13.4. The lowest BCUT2D eigenvalue weighted by molar-refractivity contribution is -0.309. The van der Waals surface area contributed by atoms with Gasteiger partial charge in [-0.3, -0.25) is 9.59 Å². The number of hydrogen-bond acceptors (Lipinski definition) is 7. The molecule has 2 aromatic heterocycles. The molecule has 0 radical (unpaired) electrons. The van der Waals surface area contributed by atoms with E-state index in [4.69, 9.17) is 8.83 Å². The van der Waals surface area contributed by atoms with E-state index in [1.54, 1.807) is 45.0 Å². The van der Waals surface area contributed by atoms with Crippen molar-refractivity contribution in [3.8, 4) is 11.1 Å². The highest BCUT2D eigenvalue weighted by molar-refractivity contribution is 6.02. The SMILES string of the molecule is CC[C@@H](C)[C@H](NC(=O)CNC(=O)Cc1c(C)c2cc3c(-c4ccc(F)cc4)coc3cc2oc1=O)C(=O)[O-]. The van der Waals surface area contributed by atoms with E-state index < -0.39 is 36.0 Å². The van der Waals surface area contributed by atoms with E-state index in [1.165, 1.54) is 18.4 Å². The number of fused-ring (bicyclic) bond motifs is 2. The number of aryl methyl sites for hydroxylation is 1. The highest BCUT2D eigenvalue weighted by atomic mass is 19.1. The van der Waals surface area contributed by atoms with Crippen LogP contribution in [0.15, 0.2) is 56.3 Å². The molecule has 2 atom stereocenters. The predicted octanol–water partition coefficient (Wildman–Crippen LogP) is 2.59. The number of carboxylic acids is 1. The van der Waals surface area contributed by atoms with Crippen LogP contribution in [0.25, 0.3) is 33.1 Å². The molecule has 2 aromatic carbocycles. The molecule has 0 fully saturated rings. The third-order valence-electron chi connectivity index (χ3n) is 6.70. The van der Waals surface area contributed by atoms with E-state index >= 15 is 0 Å². The summed E-state index contributed by atoms with van der Waals surface area (Å²) in [5.41, 5.74) is 2.17. The summed E-state index contributed by atoms with van der Waals surface area (Å²) in [6, 6.07) is 8.15. The third-order valence-corrected chi connectivity index (χ3v) is 6.70. The number of halogens is 1. The molecule has 4 rings (SSSR count). The van der Waals surface area contributed by atoms with Crippen LogP contribution < -0.4 is 21.4 Å². The predicted molar refractivity (Wildman–Crippen MR) is 135 cm³/mol. The monoisotopic (exact) mass is 521 g/mol. The van der Waals surface area contributed by atoms with Crippen LogP contribution in [0.1, 0.15) is 31.4 Å². The number of aliphatic carboxylic acids is 1. The van der Waals surface area contributed by atoms with Crippen LogP contribution >= 0.6 is 0 Å². The van der Waals surface area contributed by atoms with Gasteiger partial charge >= 0.3 is 5.63 Å². The number of carbonyl (C=O) groups excluding carboxylic acids is 3. The van der Waals surface area contributed by atoms with Gasteiger partial charge in [0.05, 0.1) is 36.8 Å². The maximum atomic E-state index is 13.4. The number of nitrogens with one attached hydrogen (secondary N) is 2. The van der Waals surface area contributed by atoms with E-state index in [0.717, 1.165) is 16.5 Å². The Morgan fingerprint density at radius 3 is 2.42 bits per heavy atom. The minimum atomic E-state index is -1.40. The first-order valence-electron chi connectivity index (χ1n) is 12.1. The Bertz CT molecular complexity index is 1590. The number of amides is 2. The van der Waals surface area contributed by atoms with Crippen molar-refractivity contribution in [1.29, 1.82) is 0 Å². The first kappa shape index (κ1) is 26.6. The molecule has 198 valence electrons. The molecule has 10 heteroatoms. The standard InChI is InChI=1S/C28H27FN2O7/c1-4-14(2)26(27(34)35)31-25(33)12-30-24(32)10-19-15(3)18-9-20-21(16-5-7-17(29)8-6-16)13-37-22(20)11-23(18)38-28(19)36/h5-9,11,13-14,26H,4,10,12H2,1-3H3,(H,30,32)(H,31,33)(H,34,35)/p-1/t14-,26+/m1/s1. The first-order chi connectivity index (χ1) is 18.1. The van der Waals surface area contributed by atoms with Crippen LogP contribution in [-0.4, -0.2) is 30.4 Å². The van der Waals surface area contributed by atoms with E-state index in [1.807, 2.05) is 0 Å². The summed E-state index contributed by atoms with van der Waals surface area (Å²) < 4.78 is 24.5. The number of furan rings is 1. The number of carboxylic acid groups (broad SMARTS) is 1. The lowest BCUT2D eigenvalue weighted by Gasteiger charge is -2.25. The minimum absolute atomic E-state index is 0.119. The van der Waals surface area contributed by atoms with Gasteiger partial charge in [0.1, 0.15) is 17.0 Å². The molecular formula is C28H26FN2O7-. The number of hydrogen-bond donors (Lipinski definition) is 2. The van der Waals surface area contributed by atoms with Crippen LogP contribution in [0, 0.1) is 18.7 Å². The summed E-state index contributed by atoms with van der Waals surface area (Å²) in [7, 11) is 0. The summed E-state index contributed by atoms with van der Waals surface area (Å²) >= 11 is 0. The van der Waals surface area contributed by atoms with Crippen molar-refractivity contribution < 1.29 is 32.7 Å². The Morgan fingerprint density at radius 2 is 1.76 bits per heavy atom. The summed E-state index contributed by atoms with van der Waals surface area (Å²) in [6.45, 7) is 4.68. The van der Waals surface area contributed by atoms with Crippen LogP contribution in [0.2, 0.25) is 0 Å². The molecular weight excluding hydrogens is 495 g/mol. The Labute approximate surface area is 216 Å². The van der Waals surface area contributed by atoms with Gasteiger partial charge in [-0.05, 0) is 42.2 Å². The zero-order valence-electron chi connectivity index (χ0n) is 21.1. The summed E-state index contributed by atoms with van der Waals surface area (Å²) in [6.07, 6.45) is 1.70. The van der Waals surface area contributed by atoms with Crippen molar-refractivity contribution in [2.75, 3.05) is 6.54 Å². The molecule has 0 aliphatic carbocycles. The maximum Gasteiger partial charge on any atom is 0.340 e. The Balaban J connectivity index is 1.55. The second-order valence-corrected chi connectivity index (χ2v) is 9.20. The van der Waals surface area contributed by atoms with Gasteiger partial charge in [-0.2, -0.15) is 0 Å². The van der Waals surface area contributed by atoms with E-state index in [9.17, 15) is 28.7 Å². The Hall–Kier alpha value is -4.47. The fraction of sp³-hybridized carbons (Fsp3) is 0.286. The fourth-order valence-electron chi connectivity index (χ4n) is 4.26. The van der Waals surface area contributed by atoms with Gasteiger partial charge in [-0.1, -0.05) is 32.4 Å². The number of rotatable bonds is 9. The molecule has 2 heterocycles. The lowest BCUT2D eigenvalue weighted by atomic mass is 9.99. The fourth-order valence-corrected chi connectivity index (χ4v) is 4.26. The first-order valence-corrected chi connectivity index (χ1v) is 12.1. The molecule has 2 N–H and O–H groups in total. The van der Waals surface area contributed by atoms with Crippen LogP contribution in [-0.2, 0) is 20.8 Å². The van der Waals surface area contributed by atoms with Gasteiger partial charge < -0.3 is 29.4 Å². The molecule has 2 amide bonds. The lowest BCUT2D eigenvalue weighted by Crippen LogP contribution is -2.53. The van der Waals surface area contributed by atoms with Gasteiger partial charge in [0.2, 0.25) is 11.8 Å². The highest BCUT2D eigenvalue weighted by Gasteiger charge is 2.21. The molecule has 38 heavy (non-hydrogen) atoms. The van der Waals surface area contributed by atoms with E-state index in [0.29, 0.717) is 23.0 Å². The third kappa shape index (κ3) is 5.44. The molecule has 0 saturated carbocycles. The molecule has 0 aliphatic rings. The second kappa shape index (κ2) is 10.9. The van der Waals surface area contributed by atoms with Crippen molar-refractivity contribution >= 4 is 39.7 Å². The van der Waals surface area contributed by atoms with Gasteiger partial charge in [-0.15, -0.1) is 0 Å². The van der Waals surface area contributed by atoms with Gasteiger partial charge in [-0.25, -0.2) is 9.18 Å². The summed E-state index contributed by atoms with van der Waals surface area (Å²) in [5, 5.41) is 17.4. The summed E-state index contributed by atoms with van der Waals surface area (Å²) in [4.78, 5) is 48.7. The molecule has 4 aromatic rings. The van der Waals surface area contributed by atoms with E-state index in [-0.39, 0.29) is 29.3 Å². The number of carbonyl (C=O) groups is 3. The molecule has 0 spiro atoms. The zero-order valence-corrected chi connectivity index (χ0v) is 21.1. The van der Waals surface area contributed by atoms with Crippen LogP contribution in [0.4, 0.5) is 4.39 Å². The van der Waals surface area contributed by atoms with Crippen LogP contribution in [0.3, 0.4) is 0 Å². The second-order valence-electron chi connectivity index (χ2n) is 9.20. The van der Waals surface area contributed by atoms with Crippen molar-refractivity contribution in [3.05, 3.63) is 70.0 Å². The Morgan fingerprint density at radius 1 is 1.05 bits per heavy atom. The van der Waals surface area contributed by atoms with Crippen molar-refractivity contribution in [1.82, 2.24) is 10.6 Å². The molecule has 0 aliphatic heterocycles. The quantitative estimate of drug-likeness (QED) is 0.323. The summed E-state index contributed by atoms with van der Waals surface area (Å²) in [5.74, 6) is -3.42. The topological polar surface area (TPSA) is 142 Å². The largest absolute Gasteiger partial charge is 0.548 e. The minimum Gasteiger partial charge on any atom is -0.548 e. The van der Waals surface area contributed by atoms with Gasteiger partial charge in [0.15, 0.2) is 0 Å².